The van der Waals surface area contributed by atoms with Crippen LogP contribution in [-0.2, 0) is 10.0 Å². The maximum absolute atomic E-state index is 12.1. The second kappa shape index (κ2) is 7.43. The van der Waals surface area contributed by atoms with E-state index in [9.17, 15) is 13.2 Å². The Labute approximate surface area is 146 Å². The van der Waals surface area contributed by atoms with Crippen LogP contribution in [-0.4, -0.2) is 32.0 Å². The molecule has 0 radical (unpaired) electrons. The molecule has 7 nitrogen and oxygen atoms in total. The largest absolute Gasteiger partial charge is 0.357 e. The zero-order valence-electron chi connectivity index (χ0n) is 13.2. The second-order valence-electron chi connectivity index (χ2n) is 5.64. The number of carbonyl (C=O) groups is 1. The molecule has 0 bridgehead atoms. The molecular formula is C13H19ClN4O3S2. The van der Waals surface area contributed by atoms with Crippen molar-refractivity contribution in [3.8, 4) is 0 Å². The molecule has 0 heterocycles. The third-order valence-corrected chi connectivity index (χ3v) is 4.63. The number of nitrogens with one attached hydrogen (secondary N) is 4. The van der Waals surface area contributed by atoms with Gasteiger partial charge in [-0.25, -0.2) is 13.1 Å². The predicted molar refractivity (Wildman–Crippen MR) is 93.8 cm³/mol. The van der Waals surface area contributed by atoms with Gasteiger partial charge in [0, 0.05) is 11.1 Å². The Kier molecular flexibility index (Phi) is 6.34. The zero-order valence-corrected chi connectivity index (χ0v) is 15.5. The number of rotatable bonds is 3. The SMILES string of the molecule is CNS(=O)(=O)c1cc(C(=O)NNC(=S)NC(C)(C)C)ccc1Cl. The monoisotopic (exact) mass is 378 g/mol. The van der Waals surface area contributed by atoms with Crippen LogP contribution in [0.2, 0.25) is 5.02 Å². The van der Waals surface area contributed by atoms with Gasteiger partial charge in [0.1, 0.15) is 4.90 Å². The number of halogens is 1. The first-order valence-electron chi connectivity index (χ1n) is 6.58. The molecule has 1 aromatic rings. The van der Waals surface area contributed by atoms with Gasteiger partial charge in [0.05, 0.1) is 5.02 Å². The van der Waals surface area contributed by atoms with Crippen molar-refractivity contribution in [1.29, 1.82) is 0 Å². The van der Waals surface area contributed by atoms with Crippen molar-refractivity contribution in [2.24, 2.45) is 0 Å². The smallest absolute Gasteiger partial charge is 0.269 e. The van der Waals surface area contributed by atoms with Crippen molar-refractivity contribution in [2.75, 3.05) is 7.05 Å². The lowest BCUT2D eigenvalue weighted by atomic mass is 10.1. The van der Waals surface area contributed by atoms with E-state index in [1.54, 1.807) is 0 Å². The number of sulfonamides is 1. The Morgan fingerprint density at radius 1 is 1.22 bits per heavy atom. The van der Waals surface area contributed by atoms with Crippen LogP contribution in [0.5, 0.6) is 0 Å². The normalized spacial score (nSPS) is 11.7. The number of benzene rings is 1. The van der Waals surface area contributed by atoms with Gasteiger partial charge in [-0.1, -0.05) is 11.6 Å². The summed E-state index contributed by atoms with van der Waals surface area (Å²) in [4.78, 5) is 11.9. The molecule has 1 rings (SSSR count). The second-order valence-corrected chi connectivity index (χ2v) is 8.31. The van der Waals surface area contributed by atoms with Crippen molar-refractivity contribution in [3.63, 3.8) is 0 Å². The minimum absolute atomic E-state index is 0.0220. The topological polar surface area (TPSA) is 99.3 Å². The van der Waals surface area contributed by atoms with Crippen molar-refractivity contribution in [3.05, 3.63) is 28.8 Å². The van der Waals surface area contributed by atoms with Crippen LogP contribution in [0.25, 0.3) is 0 Å². The van der Waals surface area contributed by atoms with Crippen molar-refractivity contribution in [2.45, 2.75) is 31.2 Å². The highest BCUT2D eigenvalue weighted by atomic mass is 35.5. The highest BCUT2D eigenvalue weighted by Gasteiger charge is 2.19. The van der Waals surface area contributed by atoms with Crippen LogP contribution in [0.1, 0.15) is 31.1 Å². The van der Waals surface area contributed by atoms with Crippen LogP contribution in [0.15, 0.2) is 23.1 Å². The molecule has 0 atom stereocenters. The summed E-state index contributed by atoms with van der Waals surface area (Å²) in [6.07, 6.45) is 0. The lowest BCUT2D eigenvalue weighted by Gasteiger charge is -2.23. The fourth-order valence-corrected chi connectivity index (χ4v) is 3.12. The van der Waals surface area contributed by atoms with E-state index in [0.29, 0.717) is 0 Å². The Morgan fingerprint density at radius 3 is 2.35 bits per heavy atom. The summed E-state index contributed by atoms with van der Waals surface area (Å²) >= 11 is 10.9. The van der Waals surface area contributed by atoms with Gasteiger partial charge in [0.25, 0.3) is 5.91 Å². The number of hydrazine groups is 1. The van der Waals surface area contributed by atoms with E-state index in [1.165, 1.54) is 25.2 Å². The van der Waals surface area contributed by atoms with Crippen molar-refractivity contribution < 1.29 is 13.2 Å². The summed E-state index contributed by atoms with van der Waals surface area (Å²) in [5.74, 6) is -0.549. The molecule has 0 aliphatic rings. The van der Waals surface area contributed by atoms with Gasteiger partial charge >= 0.3 is 0 Å². The van der Waals surface area contributed by atoms with Crippen molar-refractivity contribution >= 4 is 44.9 Å². The Hall–Kier alpha value is -1.42. The number of amides is 1. The summed E-state index contributed by atoms with van der Waals surface area (Å²) in [5.41, 5.74) is 4.79. The predicted octanol–water partition coefficient (Wildman–Crippen LogP) is 1.16. The minimum Gasteiger partial charge on any atom is -0.357 e. The molecule has 0 aliphatic carbocycles. The maximum Gasteiger partial charge on any atom is 0.269 e. The number of hydrogen-bond acceptors (Lipinski definition) is 4. The van der Waals surface area contributed by atoms with E-state index >= 15 is 0 Å². The molecule has 0 saturated heterocycles. The summed E-state index contributed by atoms with van der Waals surface area (Å²) < 4.78 is 25.8. The van der Waals surface area contributed by atoms with Gasteiger partial charge in [0.15, 0.2) is 5.11 Å². The lowest BCUT2D eigenvalue weighted by molar-refractivity contribution is 0.0943. The minimum atomic E-state index is -3.76. The average Bonchev–Trinajstić information content (AvgIpc) is 2.43. The van der Waals surface area contributed by atoms with Crippen LogP contribution in [0.3, 0.4) is 0 Å². The summed E-state index contributed by atoms with van der Waals surface area (Å²) in [6.45, 7) is 5.74. The van der Waals surface area contributed by atoms with Gasteiger partial charge in [-0.2, -0.15) is 0 Å². The fourth-order valence-electron chi connectivity index (χ4n) is 1.52. The zero-order chi connectivity index (χ0) is 17.8. The number of thiocarbonyl (C=S) groups is 1. The Morgan fingerprint density at radius 2 is 1.83 bits per heavy atom. The molecule has 128 valence electrons. The highest BCUT2D eigenvalue weighted by Crippen LogP contribution is 2.22. The number of carbonyl (C=O) groups excluding carboxylic acids is 1. The first-order chi connectivity index (χ1) is 10.5. The molecule has 0 unspecified atom stereocenters. The van der Waals surface area contributed by atoms with Crippen LogP contribution in [0, 0.1) is 0 Å². The van der Waals surface area contributed by atoms with E-state index in [0.717, 1.165) is 0 Å². The van der Waals surface area contributed by atoms with E-state index < -0.39 is 15.9 Å². The van der Waals surface area contributed by atoms with Crippen LogP contribution >= 0.6 is 23.8 Å². The van der Waals surface area contributed by atoms with Gasteiger partial charge in [-0.3, -0.25) is 15.6 Å². The summed E-state index contributed by atoms with van der Waals surface area (Å²) in [7, 11) is -2.50. The van der Waals surface area contributed by atoms with Gasteiger partial charge in [-0.05, 0) is 58.2 Å². The Balaban J connectivity index is 2.86. The molecule has 4 N–H and O–H groups in total. The quantitative estimate of drug-likeness (QED) is 0.465. The number of hydrogen-bond donors (Lipinski definition) is 4. The molecule has 0 fully saturated rings. The van der Waals surface area contributed by atoms with E-state index in [1.807, 2.05) is 20.8 Å². The van der Waals surface area contributed by atoms with E-state index in [-0.39, 0.29) is 26.1 Å². The summed E-state index contributed by atoms with van der Waals surface area (Å²) in [5, 5.41) is 3.22. The van der Waals surface area contributed by atoms with E-state index in [4.69, 9.17) is 23.8 Å². The molecule has 1 aromatic carbocycles. The summed E-state index contributed by atoms with van der Waals surface area (Å²) in [6, 6.07) is 3.94. The first-order valence-corrected chi connectivity index (χ1v) is 8.85. The first kappa shape index (κ1) is 19.6. The van der Waals surface area contributed by atoms with Gasteiger partial charge < -0.3 is 5.32 Å². The van der Waals surface area contributed by atoms with Crippen molar-refractivity contribution in [1.82, 2.24) is 20.9 Å². The maximum atomic E-state index is 12.1. The Bertz CT molecular complexity index is 714. The highest BCUT2D eigenvalue weighted by molar-refractivity contribution is 7.89. The lowest BCUT2D eigenvalue weighted by Crippen LogP contribution is -2.52. The standard InChI is InChI=1S/C13H19ClN4O3S2/c1-13(2,3)16-12(22)18-17-11(19)8-5-6-9(14)10(7-8)23(20,21)15-4/h5-7,15H,1-4H3,(H,17,19)(H2,16,18,22). The third kappa shape index (κ3) is 5.94. The molecule has 0 saturated carbocycles. The molecule has 0 spiro atoms. The third-order valence-electron chi connectivity index (χ3n) is 2.53. The van der Waals surface area contributed by atoms with E-state index in [2.05, 4.69) is 20.9 Å². The van der Waals surface area contributed by atoms with Gasteiger partial charge in [0.2, 0.25) is 10.0 Å². The molecule has 1 amide bonds. The average molecular weight is 379 g/mol. The molecule has 23 heavy (non-hydrogen) atoms. The molecule has 10 heteroatoms. The molecule has 0 aliphatic heterocycles. The fraction of sp³-hybridized carbons (Fsp3) is 0.385. The van der Waals surface area contributed by atoms with Crippen LogP contribution < -0.4 is 20.9 Å². The van der Waals surface area contributed by atoms with Crippen LogP contribution in [0.4, 0.5) is 0 Å². The molecule has 0 aromatic heterocycles. The van der Waals surface area contributed by atoms with Gasteiger partial charge in [-0.15, -0.1) is 0 Å². The molecular weight excluding hydrogens is 360 g/mol.